The molecule has 1 aliphatic heterocycles. The zero-order valence-corrected chi connectivity index (χ0v) is 9.85. The van der Waals surface area contributed by atoms with Crippen LogP contribution in [0, 0.1) is 5.92 Å². The molecule has 3 N–H and O–H groups in total. The van der Waals surface area contributed by atoms with Gasteiger partial charge in [0.25, 0.3) is 0 Å². The van der Waals surface area contributed by atoms with Gasteiger partial charge in [-0.2, -0.15) is 0 Å². The lowest BCUT2D eigenvalue weighted by Crippen LogP contribution is -2.50. The first-order chi connectivity index (χ1) is 7.21. The minimum atomic E-state index is 0.251. The van der Waals surface area contributed by atoms with Crippen molar-refractivity contribution < 1.29 is 9.84 Å². The topological polar surface area (TPSA) is 58.7 Å². The number of hydrogen-bond acceptors (Lipinski definition) is 4. The molecule has 0 amide bonds. The highest BCUT2D eigenvalue weighted by Crippen LogP contribution is 2.20. The van der Waals surface area contributed by atoms with Crippen molar-refractivity contribution in [1.29, 1.82) is 0 Å². The van der Waals surface area contributed by atoms with Gasteiger partial charge in [0, 0.05) is 39.4 Å². The molecule has 4 nitrogen and oxygen atoms in total. The Balaban J connectivity index is 2.43. The van der Waals surface area contributed by atoms with Crippen molar-refractivity contribution in [3.63, 3.8) is 0 Å². The maximum absolute atomic E-state index is 9.04. The SMILES string of the molecule is COC1CCN(CC(C)CO)C(CN)C1. The first-order valence-electron chi connectivity index (χ1n) is 5.79. The quantitative estimate of drug-likeness (QED) is 0.682. The lowest BCUT2D eigenvalue weighted by molar-refractivity contribution is 0.00555. The minimum absolute atomic E-state index is 0.251. The normalized spacial score (nSPS) is 30.4. The van der Waals surface area contributed by atoms with E-state index in [1.54, 1.807) is 7.11 Å². The van der Waals surface area contributed by atoms with Gasteiger partial charge in [-0.3, -0.25) is 4.90 Å². The molecular formula is C11H24N2O2. The smallest absolute Gasteiger partial charge is 0.0599 e. The van der Waals surface area contributed by atoms with Crippen LogP contribution >= 0.6 is 0 Å². The van der Waals surface area contributed by atoms with E-state index in [0.29, 0.717) is 24.6 Å². The standard InChI is InChI=1S/C11H24N2O2/c1-9(8-14)7-13-4-3-11(15-2)5-10(13)6-12/h9-11,14H,3-8,12H2,1-2H3. The summed E-state index contributed by atoms with van der Waals surface area (Å²) in [5, 5.41) is 9.04. The Bertz CT molecular complexity index is 178. The van der Waals surface area contributed by atoms with E-state index in [9.17, 15) is 0 Å². The third-order valence-corrected chi connectivity index (χ3v) is 3.25. The van der Waals surface area contributed by atoms with Gasteiger partial charge in [-0.1, -0.05) is 6.92 Å². The van der Waals surface area contributed by atoms with Crippen molar-refractivity contribution in [2.24, 2.45) is 11.7 Å². The third-order valence-electron chi connectivity index (χ3n) is 3.25. The van der Waals surface area contributed by atoms with E-state index in [1.165, 1.54) is 0 Å². The van der Waals surface area contributed by atoms with Crippen LogP contribution in [-0.2, 0) is 4.74 Å². The molecule has 1 heterocycles. The van der Waals surface area contributed by atoms with Crippen LogP contribution in [0.2, 0.25) is 0 Å². The maximum atomic E-state index is 9.04. The number of rotatable bonds is 5. The van der Waals surface area contributed by atoms with E-state index >= 15 is 0 Å². The van der Waals surface area contributed by atoms with E-state index in [-0.39, 0.29) is 6.61 Å². The van der Waals surface area contributed by atoms with E-state index in [4.69, 9.17) is 15.6 Å². The van der Waals surface area contributed by atoms with Gasteiger partial charge in [-0.25, -0.2) is 0 Å². The molecule has 1 fully saturated rings. The van der Waals surface area contributed by atoms with Crippen molar-refractivity contribution in [3.8, 4) is 0 Å². The minimum Gasteiger partial charge on any atom is -0.396 e. The van der Waals surface area contributed by atoms with Gasteiger partial charge in [-0.15, -0.1) is 0 Å². The Hall–Kier alpha value is -0.160. The summed E-state index contributed by atoms with van der Waals surface area (Å²) in [4.78, 5) is 2.39. The van der Waals surface area contributed by atoms with Crippen LogP contribution in [0.25, 0.3) is 0 Å². The molecular weight excluding hydrogens is 192 g/mol. The first-order valence-corrected chi connectivity index (χ1v) is 5.79. The molecule has 3 atom stereocenters. The molecule has 0 aromatic rings. The Morgan fingerprint density at radius 3 is 2.87 bits per heavy atom. The Morgan fingerprint density at radius 1 is 1.60 bits per heavy atom. The van der Waals surface area contributed by atoms with Gasteiger partial charge in [0.15, 0.2) is 0 Å². The lowest BCUT2D eigenvalue weighted by atomic mass is 9.98. The number of aliphatic hydroxyl groups excluding tert-OH is 1. The Kier molecular flexibility index (Phi) is 5.53. The summed E-state index contributed by atoms with van der Waals surface area (Å²) in [6.45, 7) is 4.97. The van der Waals surface area contributed by atoms with Gasteiger partial charge < -0.3 is 15.6 Å². The molecule has 1 rings (SSSR count). The number of aliphatic hydroxyl groups is 1. The summed E-state index contributed by atoms with van der Waals surface area (Å²) >= 11 is 0. The molecule has 0 spiro atoms. The average Bonchev–Trinajstić information content (AvgIpc) is 2.29. The second-order valence-electron chi connectivity index (χ2n) is 4.55. The fourth-order valence-corrected chi connectivity index (χ4v) is 2.22. The van der Waals surface area contributed by atoms with Crippen LogP contribution in [0.5, 0.6) is 0 Å². The predicted octanol–water partition coefficient (Wildman–Crippen LogP) is 0.0529. The van der Waals surface area contributed by atoms with Crippen molar-refractivity contribution in [3.05, 3.63) is 0 Å². The molecule has 90 valence electrons. The maximum Gasteiger partial charge on any atom is 0.0599 e. The monoisotopic (exact) mass is 216 g/mol. The number of ether oxygens (including phenoxy) is 1. The second kappa shape index (κ2) is 6.43. The number of nitrogens with two attached hydrogens (primary N) is 1. The molecule has 4 heteroatoms. The number of hydrogen-bond donors (Lipinski definition) is 2. The molecule has 0 aromatic carbocycles. The van der Waals surface area contributed by atoms with Crippen molar-refractivity contribution >= 4 is 0 Å². The van der Waals surface area contributed by atoms with Gasteiger partial charge in [0.05, 0.1) is 6.10 Å². The molecule has 0 bridgehead atoms. The van der Waals surface area contributed by atoms with Crippen LogP contribution < -0.4 is 5.73 Å². The van der Waals surface area contributed by atoms with E-state index in [1.807, 2.05) is 0 Å². The number of nitrogens with zero attached hydrogens (tertiary/aromatic N) is 1. The molecule has 1 aliphatic rings. The molecule has 1 saturated heterocycles. The van der Waals surface area contributed by atoms with Crippen molar-refractivity contribution in [2.45, 2.75) is 31.9 Å². The van der Waals surface area contributed by atoms with Gasteiger partial charge in [0.2, 0.25) is 0 Å². The highest BCUT2D eigenvalue weighted by Gasteiger charge is 2.27. The summed E-state index contributed by atoms with van der Waals surface area (Å²) < 4.78 is 5.37. The van der Waals surface area contributed by atoms with Crippen molar-refractivity contribution in [2.75, 3.05) is 33.4 Å². The van der Waals surface area contributed by atoms with Gasteiger partial charge >= 0.3 is 0 Å². The summed E-state index contributed by atoms with van der Waals surface area (Å²) in [6.07, 6.45) is 2.45. The van der Waals surface area contributed by atoms with E-state index in [2.05, 4.69) is 11.8 Å². The lowest BCUT2D eigenvalue weighted by Gasteiger charge is -2.39. The average molecular weight is 216 g/mol. The Labute approximate surface area is 92.4 Å². The molecule has 3 unspecified atom stereocenters. The zero-order valence-electron chi connectivity index (χ0n) is 9.85. The largest absolute Gasteiger partial charge is 0.396 e. The van der Waals surface area contributed by atoms with E-state index < -0.39 is 0 Å². The van der Waals surface area contributed by atoms with Crippen molar-refractivity contribution in [1.82, 2.24) is 4.90 Å². The second-order valence-corrected chi connectivity index (χ2v) is 4.55. The zero-order chi connectivity index (χ0) is 11.3. The highest BCUT2D eigenvalue weighted by molar-refractivity contribution is 4.83. The fourth-order valence-electron chi connectivity index (χ4n) is 2.22. The van der Waals surface area contributed by atoms with Crippen LogP contribution in [0.15, 0.2) is 0 Å². The molecule has 0 aliphatic carbocycles. The number of likely N-dealkylation sites (tertiary alicyclic amines) is 1. The summed E-state index contributed by atoms with van der Waals surface area (Å²) in [7, 11) is 1.77. The summed E-state index contributed by atoms with van der Waals surface area (Å²) in [5.74, 6) is 0.332. The third kappa shape index (κ3) is 3.72. The molecule has 0 aromatic heterocycles. The van der Waals surface area contributed by atoms with E-state index in [0.717, 1.165) is 25.9 Å². The highest BCUT2D eigenvalue weighted by atomic mass is 16.5. The molecule has 0 radical (unpaired) electrons. The molecule has 15 heavy (non-hydrogen) atoms. The number of methoxy groups -OCH3 is 1. The summed E-state index contributed by atoms with van der Waals surface area (Å²) in [5.41, 5.74) is 5.77. The summed E-state index contributed by atoms with van der Waals surface area (Å²) in [6, 6.07) is 0.415. The van der Waals surface area contributed by atoms with Crippen LogP contribution in [0.3, 0.4) is 0 Å². The van der Waals surface area contributed by atoms with Crippen LogP contribution in [-0.4, -0.2) is 55.5 Å². The number of piperidine rings is 1. The van der Waals surface area contributed by atoms with Crippen LogP contribution in [0.4, 0.5) is 0 Å². The molecule has 0 saturated carbocycles. The van der Waals surface area contributed by atoms with Gasteiger partial charge in [-0.05, 0) is 18.8 Å². The van der Waals surface area contributed by atoms with Gasteiger partial charge in [0.1, 0.15) is 0 Å². The fraction of sp³-hybridized carbons (Fsp3) is 1.00. The first kappa shape index (κ1) is 12.9. The Morgan fingerprint density at radius 2 is 2.33 bits per heavy atom. The van der Waals surface area contributed by atoms with Crippen LogP contribution in [0.1, 0.15) is 19.8 Å². The predicted molar refractivity (Wildman–Crippen MR) is 60.7 cm³/mol.